The largest absolute Gasteiger partial charge is 0.390 e. The number of piperidine rings is 1. The van der Waals surface area contributed by atoms with E-state index in [9.17, 15) is 18.3 Å². The number of hydrogen-bond acceptors (Lipinski definition) is 5. The topological polar surface area (TPSA) is 83.9 Å². The summed E-state index contributed by atoms with van der Waals surface area (Å²) in [5, 5.41) is 10.2. The first kappa shape index (κ1) is 16.7. The van der Waals surface area contributed by atoms with Crippen molar-refractivity contribution < 1.29 is 23.1 Å². The van der Waals surface area contributed by atoms with Crippen molar-refractivity contribution in [1.82, 2.24) is 4.90 Å². The first-order chi connectivity index (χ1) is 9.61. The number of likely N-dealkylation sites (tertiary alicyclic amines) is 1. The van der Waals surface area contributed by atoms with E-state index < -0.39 is 15.4 Å². The molecule has 1 spiro atoms. The van der Waals surface area contributed by atoms with E-state index in [-0.39, 0.29) is 23.7 Å². The molecule has 2 rings (SSSR count). The Morgan fingerprint density at radius 1 is 1.29 bits per heavy atom. The number of ether oxygens (including phenoxy) is 1. The highest BCUT2D eigenvalue weighted by Crippen LogP contribution is 2.39. The molecule has 1 N–H and O–H groups in total. The van der Waals surface area contributed by atoms with Crippen LogP contribution in [0.3, 0.4) is 0 Å². The molecular formula is C14H25NO5S. The Morgan fingerprint density at radius 3 is 2.43 bits per heavy atom. The maximum atomic E-state index is 12.0. The summed E-state index contributed by atoms with van der Waals surface area (Å²) in [4.78, 5) is 13.7. The number of hydrogen-bond donors (Lipinski definition) is 1. The van der Waals surface area contributed by atoms with E-state index in [2.05, 4.69) is 0 Å². The van der Waals surface area contributed by atoms with Gasteiger partial charge in [-0.1, -0.05) is 0 Å². The maximum absolute atomic E-state index is 12.0. The minimum absolute atomic E-state index is 0.0460. The van der Waals surface area contributed by atoms with Gasteiger partial charge in [0, 0.05) is 32.2 Å². The highest BCUT2D eigenvalue weighted by atomic mass is 32.2. The molecule has 0 radical (unpaired) electrons. The Balaban J connectivity index is 1.87. The van der Waals surface area contributed by atoms with Gasteiger partial charge in [-0.3, -0.25) is 4.79 Å². The fourth-order valence-electron chi connectivity index (χ4n) is 3.24. The van der Waals surface area contributed by atoms with Crippen LogP contribution in [0.15, 0.2) is 0 Å². The van der Waals surface area contributed by atoms with Gasteiger partial charge in [0.2, 0.25) is 5.91 Å². The van der Waals surface area contributed by atoms with Gasteiger partial charge in [0.25, 0.3) is 0 Å². The minimum Gasteiger partial charge on any atom is -0.390 e. The fourth-order valence-corrected chi connectivity index (χ4v) is 3.78. The molecule has 21 heavy (non-hydrogen) atoms. The van der Waals surface area contributed by atoms with Gasteiger partial charge in [0.15, 0.2) is 0 Å². The summed E-state index contributed by atoms with van der Waals surface area (Å²) >= 11 is 0. The van der Waals surface area contributed by atoms with Gasteiger partial charge >= 0.3 is 0 Å². The maximum Gasteiger partial charge on any atom is 0.223 e. The van der Waals surface area contributed by atoms with Crippen molar-refractivity contribution in [3.63, 3.8) is 0 Å². The van der Waals surface area contributed by atoms with Crippen LogP contribution in [0.4, 0.5) is 0 Å². The summed E-state index contributed by atoms with van der Waals surface area (Å²) in [6, 6.07) is 0. The normalized spacial score (nSPS) is 29.6. The predicted octanol–water partition coefficient (Wildman–Crippen LogP) is 0.344. The second kappa shape index (κ2) is 5.85. The molecule has 0 aromatic rings. The van der Waals surface area contributed by atoms with Crippen LogP contribution in [0.25, 0.3) is 0 Å². The number of carbonyl (C=O) groups is 1. The van der Waals surface area contributed by atoms with E-state index in [4.69, 9.17) is 4.74 Å². The molecule has 2 aliphatic heterocycles. The molecule has 1 atom stereocenters. The van der Waals surface area contributed by atoms with Crippen molar-refractivity contribution in [3.05, 3.63) is 0 Å². The van der Waals surface area contributed by atoms with E-state index in [0.29, 0.717) is 45.4 Å². The van der Waals surface area contributed by atoms with Gasteiger partial charge in [-0.15, -0.1) is 0 Å². The number of aliphatic hydroxyl groups is 1. The SMILES string of the molecule is CC1(O)CCOC2(CCN(C(=O)CCS(C)(=O)=O)CC2)C1. The van der Waals surface area contributed by atoms with E-state index in [1.165, 1.54) is 0 Å². The number of carbonyl (C=O) groups excluding carboxylic acids is 1. The predicted molar refractivity (Wildman–Crippen MR) is 78.7 cm³/mol. The lowest BCUT2D eigenvalue weighted by Gasteiger charge is -2.48. The molecule has 0 saturated carbocycles. The quantitative estimate of drug-likeness (QED) is 0.811. The van der Waals surface area contributed by atoms with Crippen molar-refractivity contribution in [2.75, 3.05) is 31.7 Å². The number of rotatable bonds is 3. The monoisotopic (exact) mass is 319 g/mol. The van der Waals surface area contributed by atoms with Crippen molar-refractivity contribution in [1.29, 1.82) is 0 Å². The zero-order valence-corrected chi connectivity index (χ0v) is 13.6. The first-order valence-corrected chi connectivity index (χ1v) is 9.49. The second-order valence-electron chi connectivity index (χ2n) is 6.72. The molecule has 122 valence electrons. The Morgan fingerprint density at radius 2 is 1.90 bits per heavy atom. The third-order valence-electron chi connectivity index (χ3n) is 4.47. The molecule has 6 nitrogen and oxygen atoms in total. The van der Waals surface area contributed by atoms with E-state index >= 15 is 0 Å². The van der Waals surface area contributed by atoms with Crippen molar-refractivity contribution in [3.8, 4) is 0 Å². The summed E-state index contributed by atoms with van der Waals surface area (Å²) in [5.41, 5.74) is -1.02. The summed E-state index contributed by atoms with van der Waals surface area (Å²) in [6.07, 6.45) is 3.84. The van der Waals surface area contributed by atoms with Crippen LogP contribution >= 0.6 is 0 Å². The van der Waals surface area contributed by atoms with Crippen molar-refractivity contribution >= 4 is 15.7 Å². The Hall–Kier alpha value is -0.660. The lowest BCUT2D eigenvalue weighted by atomic mass is 9.78. The summed E-state index contributed by atoms with van der Waals surface area (Å²) in [6.45, 7) is 3.52. The van der Waals surface area contributed by atoms with Crippen LogP contribution in [0, 0.1) is 0 Å². The highest BCUT2D eigenvalue weighted by molar-refractivity contribution is 7.90. The molecule has 7 heteroatoms. The summed E-state index contributed by atoms with van der Waals surface area (Å²) in [5.74, 6) is -0.212. The molecule has 2 saturated heterocycles. The second-order valence-corrected chi connectivity index (χ2v) is 8.98. The van der Waals surface area contributed by atoms with E-state index in [1.807, 2.05) is 6.92 Å². The fraction of sp³-hybridized carbons (Fsp3) is 0.929. The van der Waals surface area contributed by atoms with Crippen LogP contribution in [0.2, 0.25) is 0 Å². The average Bonchev–Trinajstić information content (AvgIpc) is 2.34. The third-order valence-corrected chi connectivity index (χ3v) is 5.41. The molecule has 1 unspecified atom stereocenters. The van der Waals surface area contributed by atoms with Crippen LogP contribution in [-0.2, 0) is 19.4 Å². The van der Waals surface area contributed by atoms with Crippen molar-refractivity contribution in [2.45, 2.75) is 50.2 Å². The lowest BCUT2D eigenvalue weighted by molar-refractivity contribution is -0.175. The van der Waals surface area contributed by atoms with Crippen LogP contribution in [0.1, 0.15) is 39.0 Å². The minimum atomic E-state index is -3.11. The molecular weight excluding hydrogens is 294 g/mol. The van der Waals surface area contributed by atoms with E-state index in [0.717, 1.165) is 6.26 Å². The Bertz CT molecular complexity index is 491. The molecule has 2 heterocycles. The first-order valence-electron chi connectivity index (χ1n) is 7.43. The van der Waals surface area contributed by atoms with Gasteiger partial charge in [-0.25, -0.2) is 8.42 Å². The zero-order chi connectivity index (χ0) is 15.7. The standard InChI is InChI=1S/C14H25NO5S/c1-13(17)6-9-20-14(11-13)4-7-15(8-5-14)12(16)3-10-21(2,18)19/h17H,3-11H2,1-2H3. The molecule has 0 bridgehead atoms. The molecule has 2 fully saturated rings. The number of sulfone groups is 1. The van der Waals surface area contributed by atoms with E-state index in [1.54, 1.807) is 4.90 Å². The molecule has 0 aliphatic carbocycles. The van der Waals surface area contributed by atoms with Gasteiger partial charge in [0.05, 0.1) is 23.6 Å². The Labute approximate surface area is 126 Å². The van der Waals surface area contributed by atoms with Crippen LogP contribution in [-0.4, -0.2) is 67.2 Å². The molecule has 0 aromatic heterocycles. The lowest BCUT2D eigenvalue weighted by Crippen LogP contribution is -2.54. The third kappa shape index (κ3) is 4.66. The van der Waals surface area contributed by atoms with Gasteiger partial charge in [-0.05, 0) is 26.2 Å². The van der Waals surface area contributed by atoms with Gasteiger partial charge in [0.1, 0.15) is 9.84 Å². The molecule has 1 amide bonds. The summed E-state index contributed by atoms with van der Waals surface area (Å²) in [7, 11) is -3.11. The van der Waals surface area contributed by atoms with Crippen molar-refractivity contribution in [2.24, 2.45) is 0 Å². The van der Waals surface area contributed by atoms with Crippen LogP contribution < -0.4 is 0 Å². The number of amides is 1. The molecule has 0 aromatic carbocycles. The average molecular weight is 319 g/mol. The smallest absolute Gasteiger partial charge is 0.223 e. The number of nitrogens with zero attached hydrogens (tertiary/aromatic N) is 1. The van der Waals surface area contributed by atoms with Gasteiger partial charge in [-0.2, -0.15) is 0 Å². The van der Waals surface area contributed by atoms with Gasteiger partial charge < -0.3 is 14.7 Å². The van der Waals surface area contributed by atoms with Crippen LogP contribution in [0.5, 0.6) is 0 Å². The highest BCUT2D eigenvalue weighted by Gasteiger charge is 2.44. The summed E-state index contributed by atoms with van der Waals surface area (Å²) < 4.78 is 28.1. The Kier molecular flexibility index (Phi) is 4.66. The zero-order valence-electron chi connectivity index (χ0n) is 12.8. The molecule has 2 aliphatic rings.